The van der Waals surface area contributed by atoms with Crippen LogP contribution in [-0.2, 0) is 0 Å². The second kappa shape index (κ2) is 4.60. The van der Waals surface area contributed by atoms with E-state index < -0.39 is 0 Å². The summed E-state index contributed by atoms with van der Waals surface area (Å²) in [5.41, 5.74) is 7.87. The number of halogens is 1. The first-order chi connectivity index (χ1) is 7.15. The predicted octanol–water partition coefficient (Wildman–Crippen LogP) is 3.47. The molecule has 15 heavy (non-hydrogen) atoms. The number of hydrogen-bond donors (Lipinski definition) is 2. The van der Waals surface area contributed by atoms with Crippen LogP contribution in [0.3, 0.4) is 0 Å². The molecule has 0 aliphatic heterocycles. The molecule has 0 amide bonds. The van der Waals surface area contributed by atoms with Crippen LogP contribution in [0.5, 0.6) is 0 Å². The van der Waals surface area contributed by atoms with Gasteiger partial charge in [-0.2, -0.15) is 0 Å². The lowest BCUT2D eigenvalue weighted by Crippen LogP contribution is -2.16. The Balaban J connectivity index is 1.96. The molecular formula is C12H17IN2. The van der Waals surface area contributed by atoms with Crippen molar-refractivity contribution in [2.45, 2.75) is 32.2 Å². The lowest BCUT2D eigenvalue weighted by Gasteiger charge is -2.16. The number of benzene rings is 1. The molecule has 0 heterocycles. The quantitative estimate of drug-likeness (QED) is 0.659. The van der Waals surface area contributed by atoms with Gasteiger partial charge in [0.05, 0.1) is 11.4 Å². The Morgan fingerprint density at radius 2 is 2.27 bits per heavy atom. The number of rotatable bonds is 4. The van der Waals surface area contributed by atoms with E-state index in [1.807, 2.05) is 6.07 Å². The molecule has 1 saturated carbocycles. The molecule has 1 aliphatic rings. The molecule has 0 saturated heterocycles. The topological polar surface area (TPSA) is 38.0 Å². The van der Waals surface area contributed by atoms with Gasteiger partial charge in [-0.25, -0.2) is 0 Å². The van der Waals surface area contributed by atoms with Crippen molar-refractivity contribution < 1.29 is 0 Å². The molecule has 0 radical (unpaired) electrons. The third-order valence-corrected chi connectivity index (χ3v) is 3.47. The molecule has 1 atom stereocenters. The Bertz CT molecular complexity index is 347. The Labute approximate surface area is 105 Å². The van der Waals surface area contributed by atoms with Gasteiger partial charge in [-0.05, 0) is 60.1 Å². The minimum atomic E-state index is 0.528. The number of nitrogen functional groups attached to an aromatic ring is 1. The maximum Gasteiger partial charge on any atom is 0.0576 e. The van der Waals surface area contributed by atoms with Crippen molar-refractivity contribution in [3.05, 3.63) is 21.8 Å². The van der Waals surface area contributed by atoms with E-state index in [9.17, 15) is 0 Å². The van der Waals surface area contributed by atoms with Gasteiger partial charge in [0.25, 0.3) is 0 Å². The summed E-state index contributed by atoms with van der Waals surface area (Å²) in [5.74, 6) is 0.956. The number of hydrogen-bond acceptors (Lipinski definition) is 2. The molecule has 1 fully saturated rings. The molecule has 0 spiro atoms. The van der Waals surface area contributed by atoms with E-state index in [1.54, 1.807) is 0 Å². The highest BCUT2D eigenvalue weighted by molar-refractivity contribution is 14.1. The van der Waals surface area contributed by atoms with E-state index in [0.717, 1.165) is 17.3 Å². The molecule has 1 aromatic carbocycles. The molecule has 1 aliphatic carbocycles. The number of nitrogens with two attached hydrogens (primary N) is 1. The van der Waals surface area contributed by atoms with E-state index in [2.05, 4.69) is 47.0 Å². The van der Waals surface area contributed by atoms with Crippen molar-refractivity contribution in [2.75, 3.05) is 11.1 Å². The van der Waals surface area contributed by atoms with Gasteiger partial charge in [-0.1, -0.05) is 12.8 Å². The summed E-state index contributed by atoms with van der Waals surface area (Å²) in [6.45, 7) is 2.23. The highest BCUT2D eigenvalue weighted by Gasteiger charge is 2.23. The minimum absolute atomic E-state index is 0.528. The van der Waals surface area contributed by atoms with Crippen molar-refractivity contribution in [3.8, 4) is 0 Å². The molecule has 0 aromatic heterocycles. The van der Waals surface area contributed by atoms with Crippen molar-refractivity contribution in [1.29, 1.82) is 0 Å². The molecule has 3 heteroatoms. The molecule has 82 valence electrons. The lowest BCUT2D eigenvalue weighted by molar-refractivity contribution is 0.642. The average Bonchev–Trinajstić information content (AvgIpc) is 2.94. The first-order valence-corrected chi connectivity index (χ1v) is 6.54. The van der Waals surface area contributed by atoms with Crippen molar-refractivity contribution in [2.24, 2.45) is 5.92 Å². The summed E-state index contributed by atoms with van der Waals surface area (Å²) in [4.78, 5) is 0. The van der Waals surface area contributed by atoms with E-state index in [4.69, 9.17) is 5.73 Å². The molecule has 1 aromatic rings. The van der Waals surface area contributed by atoms with Gasteiger partial charge in [0, 0.05) is 9.61 Å². The monoisotopic (exact) mass is 316 g/mol. The zero-order valence-electron chi connectivity index (χ0n) is 8.96. The van der Waals surface area contributed by atoms with Gasteiger partial charge >= 0.3 is 0 Å². The molecule has 2 rings (SSSR count). The molecule has 1 unspecified atom stereocenters. The zero-order valence-corrected chi connectivity index (χ0v) is 11.1. The number of anilines is 2. The Morgan fingerprint density at radius 1 is 1.53 bits per heavy atom. The summed E-state index contributed by atoms with van der Waals surface area (Å²) < 4.78 is 1.19. The molecule has 0 bridgehead atoms. The van der Waals surface area contributed by atoms with Crippen LogP contribution in [0, 0.1) is 9.49 Å². The van der Waals surface area contributed by atoms with Crippen LogP contribution in [0.25, 0.3) is 0 Å². The van der Waals surface area contributed by atoms with E-state index in [1.165, 1.54) is 22.8 Å². The SMILES string of the molecule is CC(CC1CC1)Nc1ccc(I)cc1N. The van der Waals surface area contributed by atoms with Crippen LogP contribution in [0.2, 0.25) is 0 Å². The fourth-order valence-electron chi connectivity index (χ4n) is 1.84. The normalized spacial score (nSPS) is 17.5. The van der Waals surface area contributed by atoms with Crippen LogP contribution in [0.15, 0.2) is 18.2 Å². The fourth-order valence-corrected chi connectivity index (χ4v) is 2.36. The van der Waals surface area contributed by atoms with Crippen LogP contribution < -0.4 is 11.1 Å². The fraction of sp³-hybridized carbons (Fsp3) is 0.500. The zero-order chi connectivity index (χ0) is 10.8. The molecule has 2 nitrogen and oxygen atoms in total. The van der Waals surface area contributed by atoms with Gasteiger partial charge in [0.15, 0.2) is 0 Å². The summed E-state index contributed by atoms with van der Waals surface area (Å²) in [5, 5.41) is 3.48. The van der Waals surface area contributed by atoms with E-state index >= 15 is 0 Å². The second-order valence-electron chi connectivity index (χ2n) is 4.46. The highest BCUT2D eigenvalue weighted by Crippen LogP contribution is 2.34. The highest BCUT2D eigenvalue weighted by atomic mass is 127. The maximum atomic E-state index is 5.95. The van der Waals surface area contributed by atoms with Crippen LogP contribution in [0.1, 0.15) is 26.2 Å². The smallest absolute Gasteiger partial charge is 0.0576 e. The summed E-state index contributed by atoms with van der Waals surface area (Å²) in [6, 6.07) is 6.69. The first kappa shape index (κ1) is 11.0. The van der Waals surface area contributed by atoms with E-state index in [-0.39, 0.29) is 0 Å². The number of nitrogens with one attached hydrogen (secondary N) is 1. The lowest BCUT2D eigenvalue weighted by atomic mass is 10.1. The predicted molar refractivity (Wildman–Crippen MR) is 74.0 cm³/mol. The standard InChI is InChI=1S/C12H17IN2/c1-8(6-9-2-3-9)15-12-5-4-10(13)7-11(12)14/h4-5,7-9,15H,2-3,6,14H2,1H3. The Hall–Kier alpha value is -0.450. The third kappa shape index (κ3) is 3.26. The molecular weight excluding hydrogens is 299 g/mol. The van der Waals surface area contributed by atoms with Crippen LogP contribution in [0.4, 0.5) is 11.4 Å². The third-order valence-electron chi connectivity index (χ3n) is 2.80. The largest absolute Gasteiger partial charge is 0.397 e. The second-order valence-corrected chi connectivity index (χ2v) is 5.70. The van der Waals surface area contributed by atoms with Gasteiger partial charge in [0.2, 0.25) is 0 Å². The summed E-state index contributed by atoms with van der Waals surface area (Å²) >= 11 is 2.28. The maximum absolute atomic E-state index is 5.95. The summed E-state index contributed by atoms with van der Waals surface area (Å²) in [7, 11) is 0. The van der Waals surface area contributed by atoms with Gasteiger partial charge in [-0.3, -0.25) is 0 Å². The van der Waals surface area contributed by atoms with Gasteiger partial charge in [-0.15, -0.1) is 0 Å². The average molecular weight is 316 g/mol. The Kier molecular flexibility index (Phi) is 3.38. The van der Waals surface area contributed by atoms with Crippen LogP contribution in [-0.4, -0.2) is 6.04 Å². The Morgan fingerprint density at radius 3 is 2.87 bits per heavy atom. The summed E-state index contributed by atoms with van der Waals surface area (Å²) in [6.07, 6.45) is 4.09. The van der Waals surface area contributed by atoms with Crippen molar-refractivity contribution >= 4 is 34.0 Å². The van der Waals surface area contributed by atoms with Gasteiger partial charge in [0.1, 0.15) is 0 Å². The van der Waals surface area contributed by atoms with Crippen LogP contribution >= 0.6 is 22.6 Å². The van der Waals surface area contributed by atoms with E-state index in [0.29, 0.717) is 6.04 Å². The van der Waals surface area contributed by atoms with Crippen molar-refractivity contribution in [3.63, 3.8) is 0 Å². The first-order valence-electron chi connectivity index (χ1n) is 5.46. The van der Waals surface area contributed by atoms with Crippen molar-refractivity contribution in [1.82, 2.24) is 0 Å². The minimum Gasteiger partial charge on any atom is -0.397 e. The molecule has 3 N–H and O–H groups in total. The van der Waals surface area contributed by atoms with Gasteiger partial charge < -0.3 is 11.1 Å².